The van der Waals surface area contributed by atoms with Crippen molar-refractivity contribution in [2.45, 2.75) is 38.8 Å². The quantitative estimate of drug-likeness (QED) is 0.653. The predicted molar refractivity (Wildman–Crippen MR) is 131 cm³/mol. The fourth-order valence-corrected chi connectivity index (χ4v) is 4.87. The van der Waals surface area contributed by atoms with Gasteiger partial charge in [-0.05, 0) is 56.0 Å². The molecule has 2 aromatic rings. The van der Waals surface area contributed by atoms with E-state index in [9.17, 15) is 15.2 Å². The number of nitrogens with zero attached hydrogens (tertiary/aromatic N) is 3. The molecule has 1 atom stereocenters. The first-order valence-electron chi connectivity index (χ1n) is 11.8. The lowest BCUT2D eigenvalue weighted by atomic mass is 9.99. The van der Waals surface area contributed by atoms with Crippen LogP contribution in [0.2, 0.25) is 0 Å². The van der Waals surface area contributed by atoms with Gasteiger partial charge in [0.1, 0.15) is 6.07 Å². The summed E-state index contributed by atoms with van der Waals surface area (Å²) in [5.74, 6) is 0.0263. The Kier molecular flexibility index (Phi) is 7.17. The van der Waals surface area contributed by atoms with Gasteiger partial charge in [-0.15, -0.1) is 0 Å². The first-order chi connectivity index (χ1) is 16.0. The van der Waals surface area contributed by atoms with Crippen molar-refractivity contribution >= 4 is 17.3 Å². The molecule has 2 aliphatic rings. The van der Waals surface area contributed by atoms with Crippen LogP contribution in [0.25, 0.3) is 0 Å². The third-order valence-electron chi connectivity index (χ3n) is 6.78. The van der Waals surface area contributed by atoms with E-state index in [4.69, 9.17) is 0 Å². The molecule has 0 bridgehead atoms. The van der Waals surface area contributed by atoms with Crippen molar-refractivity contribution in [3.05, 3.63) is 58.7 Å². The predicted octanol–water partition coefficient (Wildman–Crippen LogP) is 2.66. The van der Waals surface area contributed by atoms with Gasteiger partial charge in [-0.25, -0.2) is 0 Å². The van der Waals surface area contributed by atoms with E-state index in [1.807, 2.05) is 42.2 Å². The number of anilines is 2. The molecule has 4 rings (SSSR count). The smallest absolute Gasteiger partial charge is 0.254 e. The van der Waals surface area contributed by atoms with Crippen LogP contribution >= 0.6 is 0 Å². The summed E-state index contributed by atoms with van der Waals surface area (Å²) >= 11 is 0. The first kappa shape index (κ1) is 23.1. The largest absolute Gasteiger partial charge is 0.395 e. The van der Waals surface area contributed by atoms with Crippen LogP contribution in [0.15, 0.2) is 36.4 Å². The highest BCUT2D eigenvalue weighted by Gasteiger charge is 2.26. The number of carbonyl (C=O) groups excluding carboxylic acids is 1. The molecule has 7 heteroatoms. The molecule has 0 radical (unpaired) electrons. The fourth-order valence-electron chi connectivity index (χ4n) is 4.87. The molecule has 2 saturated heterocycles. The zero-order valence-electron chi connectivity index (χ0n) is 19.5. The van der Waals surface area contributed by atoms with Crippen molar-refractivity contribution in [1.29, 1.82) is 5.26 Å². The van der Waals surface area contributed by atoms with E-state index >= 15 is 0 Å². The highest BCUT2D eigenvalue weighted by molar-refractivity contribution is 5.97. The summed E-state index contributed by atoms with van der Waals surface area (Å²) in [6.45, 7) is 7.73. The number of piperazine rings is 1. The molecule has 3 N–H and O–H groups in total. The lowest BCUT2D eigenvalue weighted by Gasteiger charge is -2.35. The maximum absolute atomic E-state index is 13.3. The number of benzene rings is 2. The van der Waals surface area contributed by atoms with Crippen LogP contribution in [0, 0.1) is 25.2 Å². The normalized spacial score (nSPS) is 19.3. The highest BCUT2D eigenvalue weighted by atomic mass is 16.3. The molecule has 2 fully saturated rings. The topological polar surface area (TPSA) is 91.6 Å². The molecule has 0 saturated carbocycles. The second-order valence-electron chi connectivity index (χ2n) is 9.10. The van der Waals surface area contributed by atoms with Crippen molar-refractivity contribution in [2.24, 2.45) is 0 Å². The van der Waals surface area contributed by atoms with Gasteiger partial charge in [0.2, 0.25) is 0 Å². The van der Waals surface area contributed by atoms with E-state index in [0.29, 0.717) is 25.7 Å². The molecular weight excluding hydrogens is 414 g/mol. The molecule has 0 unspecified atom stereocenters. The van der Waals surface area contributed by atoms with Crippen molar-refractivity contribution < 1.29 is 9.90 Å². The van der Waals surface area contributed by atoms with Crippen LogP contribution in [0.3, 0.4) is 0 Å². The Bertz CT molecular complexity index is 1040. The molecule has 2 aliphatic heterocycles. The summed E-state index contributed by atoms with van der Waals surface area (Å²) in [6.07, 6.45) is 1.93. The van der Waals surface area contributed by atoms with E-state index in [-0.39, 0.29) is 18.6 Å². The van der Waals surface area contributed by atoms with Gasteiger partial charge >= 0.3 is 0 Å². The van der Waals surface area contributed by atoms with Crippen LogP contribution in [-0.2, 0) is 0 Å². The van der Waals surface area contributed by atoms with Gasteiger partial charge in [-0.3, -0.25) is 4.79 Å². The molecule has 0 aliphatic carbocycles. The van der Waals surface area contributed by atoms with Crippen LogP contribution in [0.1, 0.15) is 39.9 Å². The van der Waals surface area contributed by atoms with Gasteiger partial charge in [0, 0.05) is 56.1 Å². The van der Waals surface area contributed by atoms with Crippen LogP contribution in [-0.4, -0.2) is 67.3 Å². The minimum absolute atomic E-state index is 0.0263. The van der Waals surface area contributed by atoms with E-state index in [0.717, 1.165) is 59.6 Å². The standard InChI is InChI=1S/C26H33N5O2/c1-18-13-19(2)24(14-23(18)26(33)31-12-9-28-22(16-31)17-32)29-21-7-10-30(11-8-21)25-6-4-3-5-20(25)15-27/h3-6,13-14,21-22,28-29,32H,7-12,16-17H2,1-2H3/t22-/m1/s1. The van der Waals surface area contributed by atoms with E-state index in [2.05, 4.69) is 34.6 Å². The van der Waals surface area contributed by atoms with Gasteiger partial charge < -0.3 is 25.5 Å². The Labute approximate surface area is 196 Å². The van der Waals surface area contributed by atoms with E-state index < -0.39 is 0 Å². The van der Waals surface area contributed by atoms with Crippen LogP contribution < -0.4 is 15.5 Å². The molecule has 2 heterocycles. The number of nitriles is 1. The number of hydrogen-bond donors (Lipinski definition) is 3. The Balaban J connectivity index is 1.44. The van der Waals surface area contributed by atoms with E-state index in [1.54, 1.807) is 0 Å². The number of aliphatic hydroxyl groups excluding tert-OH is 1. The number of nitrogens with one attached hydrogen (secondary N) is 2. The summed E-state index contributed by atoms with van der Waals surface area (Å²) in [6, 6.07) is 14.4. The summed E-state index contributed by atoms with van der Waals surface area (Å²) in [5, 5.41) is 25.8. The number of carbonyl (C=O) groups is 1. The second kappa shape index (κ2) is 10.2. The summed E-state index contributed by atoms with van der Waals surface area (Å²) < 4.78 is 0. The molecule has 0 aromatic heterocycles. The average Bonchev–Trinajstić information content (AvgIpc) is 2.85. The lowest BCUT2D eigenvalue weighted by Crippen LogP contribution is -2.54. The lowest BCUT2D eigenvalue weighted by molar-refractivity contribution is 0.0671. The molecule has 0 spiro atoms. The van der Waals surface area contributed by atoms with Crippen molar-refractivity contribution in [3.8, 4) is 6.07 Å². The number of aliphatic hydroxyl groups is 1. The minimum atomic E-state index is -0.0672. The van der Waals surface area contributed by atoms with Gasteiger partial charge in [-0.2, -0.15) is 5.26 Å². The Morgan fingerprint density at radius 2 is 1.94 bits per heavy atom. The SMILES string of the molecule is Cc1cc(C)c(C(=O)N2CCN[C@@H](CO)C2)cc1NC1CCN(c2ccccc2C#N)CC1. The van der Waals surface area contributed by atoms with E-state index in [1.165, 1.54) is 0 Å². The number of hydrogen-bond acceptors (Lipinski definition) is 6. The second-order valence-corrected chi connectivity index (χ2v) is 9.10. The van der Waals surface area contributed by atoms with Crippen LogP contribution in [0.4, 0.5) is 11.4 Å². The zero-order valence-corrected chi connectivity index (χ0v) is 19.5. The zero-order chi connectivity index (χ0) is 23.4. The van der Waals surface area contributed by atoms with Crippen molar-refractivity contribution in [1.82, 2.24) is 10.2 Å². The monoisotopic (exact) mass is 447 g/mol. The number of aryl methyl sites for hydroxylation is 2. The van der Waals surface area contributed by atoms with Crippen molar-refractivity contribution in [2.75, 3.05) is 49.5 Å². The van der Waals surface area contributed by atoms with Gasteiger partial charge in [0.15, 0.2) is 0 Å². The van der Waals surface area contributed by atoms with Gasteiger partial charge in [0.25, 0.3) is 5.91 Å². The Hall–Kier alpha value is -3.08. The van der Waals surface area contributed by atoms with Crippen LogP contribution in [0.5, 0.6) is 0 Å². The summed E-state index contributed by atoms with van der Waals surface area (Å²) in [5.41, 5.74) is 5.57. The average molecular weight is 448 g/mol. The number of para-hydroxylation sites is 1. The summed E-state index contributed by atoms with van der Waals surface area (Å²) in [4.78, 5) is 17.4. The molecule has 2 aromatic carbocycles. The molecule has 33 heavy (non-hydrogen) atoms. The fraction of sp³-hybridized carbons (Fsp3) is 0.462. The summed E-state index contributed by atoms with van der Waals surface area (Å²) in [7, 11) is 0. The molecular formula is C26H33N5O2. The minimum Gasteiger partial charge on any atom is -0.395 e. The maximum Gasteiger partial charge on any atom is 0.254 e. The Morgan fingerprint density at radius 3 is 2.67 bits per heavy atom. The van der Waals surface area contributed by atoms with Crippen molar-refractivity contribution in [3.63, 3.8) is 0 Å². The first-order valence-corrected chi connectivity index (χ1v) is 11.8. The molecule has 174 valence electrons. The molecule has 1 amide bonds. The third kappa shape index (κ3) is 5.13. The number of rotatable bonds is 5. The Morgan fingerprint density at radius 1 is 1.18 bits per heavy atom. The van der Waals surface area contributed by atoms with Gasteiger partial charge in [0.05, 0.1) is 17.9 Å². The molecule has 7 nitrogen and oxygen atoms in total. The number of piperidine rings is 1. The maximum atomic E-state index is 13.3. The van der Waals surface area contributed by atoms with Gasteiger partial charge in [-0.1, -0.05) is 18.2 Å². The highest BCUT2D eigenvalue weighted by Crippen LogP contribution is 2.28. The third-order valence-corrected chi connectivity index (χ3v) is 6.78. The number of amides is 1.